The van der Waals surface area contributed by atoms with Crippen LogP contribution < -0.4 is 15.5 Å². The molecule has 4 nitrogen and oxygen atoms in total. The summed E-state index contributed by atoms with van der Waals surface area (Å²) in [5.74, 6) is 0.968. The smallest absolute Gasteiger partial charge is 0.191 e. The Morgan fingerprint density at radius 1 is 1.15 bits per heavy atom. The minimum absolute atomic E-state index is 0. The molecule has 1 aromatic heterocycles. The van der Waals surface area contributed by atoms with E-state index in [-0.39, 0.29) is 24.0 Å². The van der Waals surface area contributed by atoms with Gasteiger partial charge in [0.2, 0.25) is 0 Å². The Kier molecular flexibility index (Phi) is 9.97. The normalized spacial score (nSPS) is 15.3. The first-order valence-electron chi connectivity index (χ1n) is 9.72. The third-order valence-electron chi connectivity index (χ3n) is 4.73. The number of halogens is 1. The molecule has 0 spiro atoms. The molecular weight excluding hydrogens is 467 g/mol. The van der Waals surface area contributed by atoms with Crippen molar-refractivity contribution < 1.29 is 0 Å². The number of hydrogen-bond donors (Lipinski definition) is 2. The van der Waals surface area contributed by atoms with Crippen LogP contribution in [0.2, 0.25) is 0 Å². The minimum Gasteiger partial charge on any atom is -0.363 e. The number of hydrogen-bond acceptors (Lipinski definition) is 3. The predicted octanol–water partition coefficient (Wildman–Crippen LogP) is 4.52. The summed E-state index contributed by atoms with van der Waals surface area (Å²) in [5, 5.41) is 10.6. The molecule has 1 aromatic carbocycles. The fraction of sp³-hybridized carbons (Fsp3) is 0.476. The summed E-state index contributed by atoms with van der Waals surface area (Å²) in [6, 6.07) is 15.5. The number of aryl methyl sites for hydroxylation is 1. The zero-order valence-corrected chi connectivity index (χ0v) is 19.2. The Bertz CT molecular complexity index is 652. The van der Waals surface area contributed by atoms with Gasteiger partial charge in [-0.2, -0.15) is 0 Å². The molecule has 0 atom stereocenters. The van der Waals surface area contributed by atoms with Gasteiger partial charge in [0.15, 0.2) is 5.96 Å². The molecule has 1 fully saturated rings. The van der Waals surface area contributed by atoms with Crippen LogP contribution in [-0.4, -0.2) is 38.2 Å². The average Bonchev–Trinajstić information content (AvgIpc) is 3.21. The van der Waals surface area contributed by atoms with E-state index in [0.29, 0.717) is 6.04 Å². The summed E-state index contributed by atoms with van der Waals surface area (Å²) < 4.78 is 0. The molecule has 2 heterocycles. The first-order chi connectivity index (χ1) is 12.8. The van der Waals surface area contributed by atoms with Crippen LogP contribution in [0.15, 0.2) is 52.8 Å². The highest BCUT2D eigenvalue weighted by molar-refractivity contribution is 14.0. The summed E-state index contributed by atoms with van der Waals surface area (Å²) in [4.78, 5) is 7.27. The molecule has 0 saturated carbocycles. The summed E-state index contributed by atoms with van der Waals surface area (Å²) >= 11 is 1.83. The average molecular weight is 498 g/mol. The Balaban J connectivity index is 0.00000261. The molecule has 3 rings (SSSR count). The highest BCUT2D eigenvalue weighted by Gasteiger charge is 2.20. The number of rotatable bonds is 7. The van der Waals surface area contributed by atoms with E-state index in [1.165, 1.54) is 10.6 Å². The van der Waals surface area contributed by atoms with Crippen molar-refractivity contribution in [2.75, 3.05) is 31.1 Å². The summed E-state index contributed by atoms with van der Waals surface area (Å²) in [6.45, 7) is 6.12. The molecule has 0 amide bonds. The number of anilines is 1. The van der Waals surface area contributed by atoms with E-state index in [2.05, 4.69) is 70.3 Å². The summed E-state index contributed by atoms with van der Waals surface area (Å²) in [6.07, 6.45) is 4.49. The maximum absolute atomic E-state index is 4.77. The first kappa shape index (κ1) is 22.0. The standard InChI is InChI=1S/C21H30N4S.HI/c1-2-22-21(23-14-6-10-18-8-4-3-5-9-18)24-19-12-15-25(16-13-19)20-11-7-17-26-20;/h3-5,7-9,11,17,19H,2,6,10,12-16H2,1H3,(H2,22,23,24);1H. The molecule has 2 aromatic rings. The quantitative estimate of drug-likeness (QED) is 0.255. The monoisotopic (exact) mass is 498 g/mol. The van der Waals surface area contributed by atoms with Gasteiger partial charge in [0.05, 0.1) is 5.00 Å². The van der Waals surface area contributed by atoms with Crippen molar-refractivity contribution in [2.45, 2.75) is 38.6 Å². The van der Waals surface area contributed by atoms with Crippen LogP contribution in [0.3, 0.4) is 0 Å². The lowest BCUT2D eigenvalue weighted by atomic mass is 10.1. The van der Waals surface area contributed by atoms with Crippen molar-refractivity contribution in [1.29, 1.82) is 0 Å². The van der Waals surface area contributed by atoms with Gasteiger partial charge in [0, 0.05) is 32.2 Å². The summed E-state index contributed by atoms with van der Waals surface area (Å²) in [7, 11) is 0. The van der Waals surface area contributed by atoms with Gasteiger partial charge in [-0.1, -0.05) is 30.3 Å². The van der Waals surface area contributed by atoms with Gasteiger partial charge in [-0.05, 0) is 55.7 Å². The molecule has 27 heavy (non-hydrogen) atoms. The second kappa shape index (κ2) is 12.2. The van der Waals surface area contributed by atoms with Gasteiger partial charge in [-0.15, -0.1) is 35.3 Å². The van der Waals surface area contributed by atoms with Crippen molar-refractivity contribution in [3.8, 4) is 0 Å². The molecule has 1 aliphatic heterocycles. The number of aliphatic imine (C=N–C) groups is 1. The molecular formula is C21H31IN4S. The second-order valence-corrected chi connectivity index (χ2v) is 7.63. The Morgan fingerprint density at radius 3 is 2.59 bits per heavy atom. The van der Waals surface area contributed by atoms with Gasteiger partial charge in [0.1, 0.15) is 0 Å². The predicted molar refractivity (Wildman–Crippen MR) is 129 cm³/mol. The largest absolute Gasteiger partial charge is 0.363 e. The van der Waals surface area contributed by atoms with Gasteiger partial charge in [-0.3, -0.25) is 4.99 Å². The molecule has 0 aliphatic carbocycles. The Morgan fingerprint density at radius 2 is 1.93 bits per heavy atom. The fourth-order valence-corrected chi connectivity index (χ4v) is 4.11. The van der Waals surface area contributed by atoms with Crippen molar-refractivity contribution in [3.63, 3.8) is 0 Å². The van der Waals surface area contributed by atoms with Crippen LogP contribution >= 0.6 is 35.3 Å². The van der Waals surface area contributed by atoms with Gasteiger partial charge in [0.25, 0.3) is 0 Å². The molecule has 1 aliphatic rings. The van der Waals surface area contributed by atoms with Crippen LogP contribution in [0.1, 0.15) is 31.7 Å². The van der Waals surface area contributed by atoms with Crippen LogP contribution in [0.5, 0.6) is 0 Å². The SMILES string of the molecule is CCNC(=NCCCc1ccccc1)NC1CCN(c2cccs2)CC1.I. The number of benzene rings is 1. The Labute approximate surface area is 184 Å². The molecule has 0 bridgehead atoms. The lowest BCUT2D eigenvalue weighted by Gasteiger charge is -2.33. The molecule has 1 saturated heterocycles. The van der Waals surface area contributed by atoms with E-state index in [1.54, 1.807) is 0 Å². The van der Waals surface area contributed by atoms with E-state index < -0.39 is 0 Å². The second-order valence-electron chi connectivity index (χ2n) is 6.71. The molecule has 148 valence electrons. The highest BCUT2D eigenvalue weighted by Crippen LogP contribution is 2.24. The van der Waals surface area contributed by atoms with Crippen LogP contribution in [0, 0.1) is 0 Å². The molecule has 6 heteroatoms. The van der Waals surface area contributed by atoms with Crippen molar-refractivity contribution in [2.24, 2.45) is 4.99 Å². The number of piperidine rings is 1. The van der Waals surface area contributed by atoms with E-state index >= 15 is 0 Å². The molecule has 0 radical (unpaired) electrons. The Hall–Kier alpha value is -1.28. The highest BCUT2D eigenvalue weighted by atomic mass is 127. The van der Waals surface area contributed by atoms with E-state index in [0.717, 1.165) is 57.8 Å². The lowest BCUT2D eigenvalue weighted by Crippen LogP contribution is -2.48. The van der Waals surface area contributed by atoms with Crippen molar-refractivity contribution in [1.82, 2.24) is 10.6 Å². The van der Waals surface area contributed by atoms with Crippen LogP contribution in [0.25, 0.3) is 0 Å². The molecule has 0 unspecified atom stereocenters. The zero-order valence-electron chi connectivity index (χ0n) is 16.1. The maximum atomic E-state index is 4.77. The van der Waals surface area contributed by atoms with Gasteiger partial charge < -0.3 is 15.5 Å². The first-order valence-corrected chi connectivity index (χ1v) is 10.6. The zero-order chi connectivity index (χ0) is 18.0. The topological polar surface area (TPSA) is 39.7 Å². The third kappa shape index (κ3) is 7.33. The van der Waals surface area contributed by atoms with Crippen LogP contribution in [-0.2, 0) is 6.42 Å². The number of thiophene rings is 1. The minimum atomic E-state index is 0. The van der Waals surface area contributed by atoms with Crippen molar-refractivity contribution >= 4 is 46.3 Å². The van der Waals surface area contributed by atoms with E-state index in [1.807, 2.05) is 11.3 Å². The van der Waals surface area contributed by atoms with Crippen molar-refractivity contribution in [3.05, 3.63) is 53.4 Å². The van der Waals surface area contributed by atoms with E-state index in [4.69, 9.17) is 4.99 Å². The summed E-state index contributed by atoms with van der Waals surface area (Å²) in [5.41, 5.74) is 1.39. The third-order valence-corrected chi connectivity index (χ3v) is 5.66. The number of guanidine groups is 1. The molecule has 2 N–H and O–H groups in total. The van der Waals surface area contributed by atoms with E-state index in [9.17, 15) is 0 Å². The number of nitrogens with one attached hydrogen (secondary N) is 2. The van der Waals surface area contributed by atoms with Gasteiger partial charge >= 0.3 is 0 Å². The fourth-order valence-electron chi connectivity index (χ4n) is 3.33. The number of nitrogens with zero attached hydrogens (tertiary/aromatic N) is 2. The van der Waals surface area contributed by atoms with Crippen LogP contribution in [0.4, 0.5) is 5.00 Å². The lowest BCUT2D eigenvalue weighted by molar-refractivity contribution is 0.463. The van der Waals surface area contributed by atoms with Gasteiger partial charge in [-0.25, -0.2) is 0 Å². The maximum Gasteiger partial charge on any atom is 0.191 e.